The van der Waals surface area contributed by atoms with Crippen molar-refractivity contribution in [3.05, 3.63) is 0 Å². The van der Waals surface area contributed by atoms with Gasteiger partial charge in [-0.2, -0.15) is 0 Å². The largest absolute Gasteiger partial charge is 0.462 e. The highest BCUT2D eigenvalue weighted by atomic mass is 16.6. The number of methoxy groups -OCH3 is 1. The number of rotatable bonds is 9. The molecule has 2 N–H and O–H groups in total. The van der Waals surface area contributed by atoms with Gasteiger partial charge in [0.1, 0.15) is 12.6 Å². The number of hydrogen-bond donors (Lipinski definition) is 1. The van der Waals surface area contributed by atoms with E-state index in [1.165, 1.54) is 0 Å². The molecule has 0 spiro atoms. The van der Waals surface area contributed by atoms with E-state index in [4.69, 9.17) is 19.9 Å². The third kappa shape index (κ3) is 8.35. The molecule has 1 unspecified atom stereocenters. The lowest BCUT2D eigenvalue weighted by Crippen LogP contribution is -2.33. The summed E-state index contributed by atoms with van der Waals surface area (Å²) in [5, 5.41) is 0. The molecule has 0 aliphatic rings. The summed E-state index contributed by atoms with van der Waals surface area (Å²) in [4.78, 5) is 11.3. The van der Waals surface area contributed by atoms with Gasteiger partial charge in [0.15, 0.2) is 0 Å². The molecule has 0 rings (SSSR count). The fourth-order valence-electron chi connectivity index (χ4n) is 1.02. The Morgan fingerprint density at radius 3 is 2.67 bits per heavy atom. The topological polar surface area (TPSA) is 70.8 Å². The van der Waals surface area contributed by atoms with Crippen molar-refractivity contribution in [1.29, 1.82) is 0 Å². The van der Waals surface area contributed by atoms with Crippen molar-refractivity contribution in [3.8, 4) is 0 Å². The van der Waals surface area contributed by atoms with Gasteiger partial charge in [-0.1, -0.05) is 0 Å². The van der Waals surface area contributed by atoms with Crippen molar-refractivity contribution in [2.45, 2.75) is 25.8 Å². The number of carbonyl (C=O) groups is 1. The van der Waals surface area contributed by atoms with Crippen LogP contribution in [0, 0.1) is 0 Å². The molecule has 0 saturated carbocycles. The Hall–Kier alpha value is -0.650. The van der Waals surface area contributed by atoms with Crippen LogP contribution in [0.1, 0.15) is 19.8 Å². The van der Waals surface area contributed by atoms with Crippen LogP contribution in [0.4, 0.5) is 0 Å². The van der Waals surface area contributed by atoms with Crippen molar-refractivity contribution < 1.29 is 19.0 Å². The maximum absolute atomic E-state index is 11.3. The van der Waals surface area contributed by atoms with Gasteiger partial charge in [0, 0.05) is 20.3 Å². The Labute approximate surface area is 90.9 Å². The summed E-state index contributed by atoms with van der Waals surface area (Å²) in [6.07, 6.45) is 1.35. The lowest BCUT2D eigenvalue weighted by molar-refractivity contribution is -0.146. The summed E-state index contributed by atoms with van der Waals surface area (Å²) < 4.78 is 14.8. The molecule has 0 aliphatic heterocycles. The predicted octanol–water partition coefficient (Wildman–Crippen LogP) is 0.320. The van der Waals surface area contributed by atoms with E-state index in [-0.39, 0.29) is 12.6 Å². The first-order valence-corrected chi connectivity index (χ1v) is 5.21. The number of ether oxygens (including phenoxy) is 3. The molecule has 0 aromatic rings. The Bertz CT molecular complexity index is 164. The van der Waals surface area contributed by atoms with Crippen LogP contribution >= 0.6 is 0 Å². The van der Waals surface area contributed by atoms with Crippen LogP contribution in [-0.2, 0) is 19.0 Å². The lowest BCUT2D eigenvalue weighted by atomic mass is 10.2. The van der Waals surface area contributed by atoms with Crippen LogP contribution in [0.25, 0.3) is 0 Å². The maximum atomic E-state index is 11.3. The van der Waals surface area contributed by atoms with Gasteiger partial charge in [-0.15, -0.1) is 0 Å². The number of carbonyl (C=O) groups excluding carboxylic acids is 1. The number of nitrogens with two attached hydrogens (primary N) is 1. The zero-order valence-electron chi connectivity index (χ0n) is 9.53. The molecule has 0 radical (unpaired) electrons. The second-order valence-electron chi connectivity index (χ2n) is 3.11. The second-order valence-corrected chi connectivity index (χ2v) is 3.11. The Morgan fingerprint density at radius 1 is 1.33 bits per heavy atom. The van der Waals surface area contributed by atoms with Crippen molar-refractivity contribution in [2.75, 3.05) is 33.5 Å². The van der Waals surface area contributed by atoms with Crippen LogP contribution in [0.2, 0.25) is 0 Å². The van der Waals surface area contributed by atoms with E-state index in [1.807, 2.05) is 6.92 Å². The van der Waals surface area contributed by atoms with Crippen molar-refractivity contribution in [3.63, 3.8) is 0 Å². The summed E-state index contributed by atoms with van der Waals surface area (Å²) in [6, 6.07) is -0.554. The van der Waals surface area contributed by atoms with Gasteiger partial charge in [-0.3, -0.25) is 4.79 Å². The van der Waals surface area contributed by atoms with E-state index in [0.717, 1.165) is 6.42 Å². The van der Waals surface area contributed by atoms with Gasteiger partial charge in [0.05, 0.1) is 6.61 Å². The summed E-state index contributed by atoms with van der Waals surface area (Å²) in [6.45, 7) is 3.81. The van der Waals surface area contributed by atoms with Gasteiger partial charge in [-0.05, 0) is 19.8 Å². The normalized spacial score (nSPS) is 12.5. The van der Waals surface area contributed by atoms with Crippen LogP contribution in [-0.4, -0.2) is 45.5 Å². The first kappa shape index (κ1) is 14.3. The summed E-state index contributed by atoms with van der Waals surface area (Å²) >= 11 is 0. The first-order valence-electron chi connectivity index (χ1n) is 5.21. The minimum absolute atomic E-state index is 0.269. The molecule has 5 nitrogen and oxygen atoms in total. The van der Waals surface area contributed by atoms with Crippen LogP contribution in [0.3, 0.4) is 0 Å². The van der Waals surface area contributed by atoms with E-state index in [9.17, 15) is 4.79 Å². The molecule has 0 aromatic heterocycles. The number of esters is 1. The monoisotopic (exact) mass is 219 g/mol. The van der Waals surface area contributed by atoms with Gasteiger partial charge >= 0.3 is 5.97 Å². The maximum Gasteiger partial charge on any atom is 0.322 e. The Kier molecular flexibility index (Phi) is 9.46. The SMILES string of the molecule is CCOCCOC(=O)C(N)CCCOC. The molecule has 90 valence electrons. The summed E-state index contributed by atoms with van der Waals surface area (Å²) in [5.74, 6) is -0.370. The van der Waals surface area contributed by atoms with Crippen LogP contribution < -0.4 is 5.73 Å². The summed E-state index contributed by atoms with van der Waals surface area (Å²) in [7, 11) is 1.62. The zero-order valence-corrected chi connectivity index (χ0v) is 9.53. The smallest absolute Gasteiger partial charge is 0.322 e. The van der Waals surface area contributed by atoms with E-state index >= 15 is 0 Å². The van der Waals surface area contributed by atoms with Gasteiger partial charge in [0.2, 0.25) is 0 Å². The molecule has 0 saturated heterocycles. The van der Waals surface area contributed by atoms with Gasteiger partial charge in [-0.25, -0.2) is 0 Å². The highest BCUT2D eigenvalue weighted by Gasteiger charge is 2.13. The molecule has 0 fully saturated rings. The molecular weight excluding hydrogens is 198 g/mol. The lowest BCUT2D eigenvalue weighted by Gasteiger charge is -2.10. The third-order valence-electron chi connectivity index (χ3n) is 1.84. The molecule has 0 aromatic carbocycles. The second kappa shape index (κ2) is 9.89. The predicted molar refractivity (Wildman–Crippen MR) is 56.5 cm³/mol. The van der Waals surface area contributed by atoms with Crippen LogP contribution in [0.15, 0.2) is 0 Å². The molecule has 1 atom stereocenters. The van der Waals surface area contributed by atoms with E-state index < -0.39 is 6.04 Å². The van der Waals surface area contributed by atoms with Crippen LogP contribution in [0.5, 0.6) is 0 Å². The molecule has 0 aliphatic carbocycles. The fourth-order valence-corrected chi connectivity index (χ4v) is 1.02. The van der Waals surface area contributed by atoms with Crippen molar-refractivity contribution >= 4 is 5.97 Å². The van der Waals surface area contributed by atoms with E-state index in [0.29, 0.717) is 26.2 Å². The molecule has 0 heterocycles. The molecule has 5 heteroatoms. The van der Waals surface area contributed by atoms with Gasteiger partial charge < -0.3 is 19.9 Å². The highest BCUT2D eigenvalue weighted by Crippen LogP contribution is 1.97. The molecule has 0 amide bonds. The average molecular weight is 219 g/mol. The third-order valence-corrected chi connectivity index (χ3v) is 1.84. The standard InChI is InChI=1S/C10H21NO4/c1-3-14-7-8-15-10(12)9(11)5-4-6-13-2/h9H,3-8,11H2,1-2H3. The Morgan fingerprint density at radius 2 is 2.07 bits per heavy atom. The summed E-state index contributed by atoms with van der Waals surface area (Å²) in [5.41, 5.74) is 5.60. The molecule has 0 bridgehead atoms. The highest BCUT2D eigenvalue weighted by molar-refractivity contribution is 5.75. The minimum atomic E-state index is -0.554. The zero-order chi connectivity index (χ0) is 11.5. The molecular formula is C10H21NO4. The fraction of sp³-hybridized carbons (Fsp3) is 0.900. The average Bonchev–Trinajstić information content (AvgIpc) is 2.24. The molecule has 15 heavy (non-hydrogen) atoms. The van der Waals surface area contributed by atoms with Gasteiger partial charge in [0.25, 0.3) is 0 Å². The van der Waals surface area contributed by atoms with Crippen molar-refractivity contribution in [1.82, 2.24) is 0 Å². The minimum Gasteiger partial charge on any atom is -0.462 e. The first-order chi connectivity index (χ1) is 7.22. The quantitative estimate of drug-likeness (QED) is 0.446. The van der Waals surface area contributed by atoms with E-state index in [1.54, 1.807) is 7.11 Å². The van der Waals surface area contributed by atoms with E-state index in [2.05, 4.69) is 0 Å². The number of hydrogen-bond acceptors (Lipinski definition) is 5. The Balaban J connectivity index is 3.42. The van der Waals surface area contributed by atoms with Crippen molar-refractivity contribution in [2.24, 2.45) is 5.73 Å².